The number of anilines is 1. The van der Waals surface area contributed by atoms with Crippen molar-refractivity contribution < 1.29 is 0 Å². The lowest BCUT2D eigenvalue weighted by molar-refractivity contribution is 0.962. The van der Waals surface area contributed by atoms with Gasteiger partial charge in [0.25, 0.3) is 0 Å². The lowest BCUT2D eigenvalue weighted by Gasteiger charge is -2.10. The van der Waals surface area contributed by atoms with Gasteiger partial charge in [0.05, 0.1) is 9.26 Å². The van der Waals surface area contributed by atoms with Crippen LogP contribution in [0.3, 0.4) is 0 Å². The molecular formula is C13H16IN5. The first-order valence-corrected chi connectivity index (χ1v) is 7.32. The highest BCUT2D eigenvalue weighted by molar-refractivity contribution is 14.1. The third-order valence-corrected chi connectivity index (χ3v) is 3.71. The fourth-order valence-electron chi connectivity index (χ4n) is 1.62. The third-order valence-electron chi connectivity index (χ3n) is 2.58. The standard InChI is InChI=1S/C13H16IN5/c1-4-9-10(14)11(15-5-2)19-13(18-9)12-16-6-8(3)7-17-12/h6-7H,4-5H2,1-3H3,(H,15,18,19). The third kappa shape index (κ3) is 3.17. The van der Waals surface area contributed by atoms with Crippen LogP contribution in [0.15, 0.2) is 12.4 Å². The molecule has 0 aromatic carbocycles. The number of nitrogens with one attached hydrogen (secondary N) is 1. The average molecular weight is 369 g/mol. The van der Waals surface area contributed by atoms with Gasteiger partial charge in [0, 0.05) is 18.9 Å². The van der Waals surface area contributed by atoms with Gasteiger partial charge >= 0.3 is 0 Å². The van der Waals surface area contributed by atoms with Crippen LogP contribution in [0.5, 0.6) is 0 Å². The first-order chi connectivity index (χ1) is 9.15. The smallest absolute Gasteiger partial charge is 0.200 e. The van der Waals surface area contributed by atoms with Crippen LogP contribution in [0.2, 0.25) is 0 Å². The lowest BCUT2D eigenvalue weighted by atomic mass is 10.3. The van der Waals surface area contributed by atoms with E-state index in [9.17, 15) is 0 Å². The maximum Gasteiger partial charge on any atom is 0.200 e. The topological polar surface area (TPSA) is 63.6 Å². The zero-order valence-corrected chi connectivity index (χ0v) is 13.4. The lowest BCUT2D eigenvalue weighted by Crippen LogP contribution is -2.08. The van der Waals surface area contributed by atoms with Crippen molar-refractivity contribution in [3.8, 4) is 11.6 Å². The quantitative estimate of drug-likeness (QED) is 0.840. The monoisotopic (exact) mass is 369 g/mol. The number of halogens is 1. The van der Waals surface area contributed by atoms with Crippen molar-refractivity contribution in [2.75, 3.05) is 11.9 Å². The molecule has 0 saturated heterocycles. The molecule has 0 aliphatic heterocycles. The Kier molecular flexibility index (Phi) is 4.62. The van der Waals surface area contributed by atoms with Crippen LogP contribution in [-0.4, -0.2) is 26.5 Å². The molecule has 0 bridgehead atoms. The molecule has 2 aromatic rings. The summed E-state index contributed by atoms with van der Waals surface area (Å²) in [6.45, 7) is 6.91. The maximum atomic E-state index is 4.55. The van der Waals surface area contributed by atoms with Crippen LogP contribution in [0.1, 0.15) is 25.1 Å². The number of rotatable bonds is 4. The Labute approximate surface area is 126 Å². The Bertz CT molecular complexity index is 568. The fourth-order valence-corrected chi connectivity index (χ4v) is 2.43. The van der Waals surface area contributed by atoms with Gasteiger partial charge in [-0.2, -0.15) is 0 Å². The number of aromatic nitrogens is 4. The van der Waals surface area contributed by atoms with Crippen LogP contribution in [0, 0.1) is 10.5 Å². The molecule has 0 spiro atoms. The Morgan fingerprint density at radius 1 is 1.11 bits per heavy atom. The van der Waals surface area contributed by atoms with Crippen molar-refractivity contribution in [1.82, 2.24) is 19.9 Å². The van der Waals surface area contributed by atoms with Gasteiger partial charge in [-0.1, -0.05) is 6.92 Å². The first-order valence-electron chi connectivity index (χ1n) is 6.25. The molecule has 5 nitrogen and oxygen atoms in total. The summed E-state index contributed by atoms with van der Waals surface area (Å²) >= 11 is 2.28. The molecule has 0 saturated carbocycles. The summed E-state index contributed by atoms with van der Waals surface area (Å²) in [6.07, 6.45) is 4.42. The van der Waals surface area contributed by atoms with E-state index in [-0.39, 0.29) is 0 Å². The number of aryl methyl sites for hydroxylation is 2. The van der Waals surface area contributed by atoms with Crippen molar-refractivity contribution in [2.24, 2.45) is 0 Å². The Hall–Kier alpha value is -1.31. The maximum absolute atomic E-state index is 4.55. The largest absolute Gasteiger partial charge is 0.369 e. The predicted molar refractivity (Wildman–Crippen MR) is 84.1 cm³/mol. The SMILES string of the molecule is CCNc1nc(-c2ncc(C)cn2)nc(CC)c1I. The van der Waals surface area contributed by atoms with E-state index in [4.69, 9.17) is 0 Å². The highest BCUT2D eigenvalue weighted by atomic mass is 127. The Morgan fingerprint density at radius 2 is 1.79 bits per heavy atom. The normalized spacial score (nSPS) is 10.5. The minimum absolute atomic E-state index is 0.566. The average Bonchev–Trinajstić information content (AvgIpc) is 2.42. The number of hydrogen-bond acceptors (Lipinski definition) is 5. The minimum atomic E-state index is 0.566. The fraction of sp³-hybridized carbons (Fsp3) is 0.385. The molecule has 0 fully saturated rings. The number of hydrogen-bond donors (Lipinski definition) is 1. The summed E-state index contributed by atoms with van der Waals surface area (Å²) in [4.78, 5) is 17.6. The van der Waals surface area contributed by atoms with Gasteiger partial charge in [-0.15, -0.1) is 0 Å². The van der Waals surface area contributed by atoms with Crippen molar-refractivity contribution in [1.29, 1.82) is 0 Å². The van der Waals surface area contributed by atoms with Gasteiger partial charge in [0.2, 0.25) is 0 Å². The molecule has 0 aliphatic carbocycles. The molecule has 0 atom stereocenters. The molecule has 0 aliphatic rings. The molecule has 100 valence electrons. The van der Waals surface area contributed by atoms with E-state index in [0.717, 1.165) is 33.6 Å². The van der Waals surface area contributed by atoms with Crippen LogP contribution in [-0.2, 0) is 6.42 Å². The van der Waals surface area contributed by atoms with E-state index in [1.165, 1.54) is 0 Å². The van der Waals surface area contributed by atoms with Crippen molar-refractivity contribution >= 4 is 28.4 Å². The molecule has 0 unspecified atom stereocenters. The predicted octanol–water partition coefficient (Wildman–Crippen LogP) is 2.84. The van der Waals surface area contributed by atoms with E-state index in [1.54, 1.807) is 12.4 Å². The van der Waals surface area contributed by atoms with Gasteiger partial charge < -0.3 is 5.32 Å². The summed E-state index contributed by atoms with van der Waals surface area (Å²) in [5.74, 6) is 2.00. The van der Waals surface area contributed by atoms with Gasteiger partial charge in [-0.05, 0) is 48.4 Å². The van der Waals surface area contributed by atoms with E-state index >= 15 is 0 Å². The van der Waals surface area contributed by atoms with Gasteiger partial charge in [0.15, 0.2) is 11.6 Å². The van der Waals surface area contributed by atoms with Gasteiger partial charge in [-0.3, -0.25) is 0 Å². The molecule has 1 N–H and O–H groups in total. The van der Waals surface area contributed by atoms with Crippen molar-refractivity contribution in [2.45, 2.75) is 27.2 Å². The molecule has 19 heavy (non-hydrogen) atoms. The van der Waals surface area contributed by atoms with Crippen LogP contribution in [0.4, 0.5) is 5.82 Å². The Balaban J connectivity index is 2.51. The van der Waals surface area contributed by atoms with Gasteiger partial charge in [-0.25, -0.2) is 19.9 Å². The highest BCUT2D eigenvalue weighted by Crippen LogP contribution is 2.22. The molecular weight excluding hydrogens is 353 g/mol. The molecule has 0 radical (unpaired) electrons. The van der Waals surface area contributed by atoms with E-state index in [1.807, 2.05) is 13.8 Å². The van der Waals surface area contributed by atoms with Gasteiger partial charge in [0.1, 0.15) is 5.82 Å². The summed E-state index contributed by atoms with van der Waals surface area (Å²) in [6, 6.07) is 0. The zero-order valence-electron chi connectivity index (χ0n) is 11.2. The Morgan fingerprint density at radius 3 is 2.37 bits per heavy atom. The minimum Gasteiger partial charge on any atom is -0.369 e. The van der Waals surface area contributed by atoms with Crippen LogP contribution >= 0.6 is 22.6 Å². The van der Waals surface area contributed by atoms with Crippen molar-refractivity contribution in [3.05, 3.63) is 27.2 Å². The second kappa shape index (κ2) is 6.23. The second-order valence-corrected chi connectivity index (χ2v) is 5.20. The first kappa shape index (κ1) is 14.1. The molecule has 6 heteroatoms. The second-order valence-electron chi connectivity index (χ2n) is 4.12. The number of nitrogens with zero attached hydrogens (tertiary/aromatic N) is 4. The molecule has 2 heterocycles. The molecule has 0 amide bonds. The summed E-state index contributed by atoms with van der Waals surface area (Å²) in [5, 5.41) is 3.26. The van der Waals surface area contributed by atoms with Crippen LogP contribution < -0.4 is 5.32 Å². The molecule has 2 aromatic heterocycles. The summed E-state index contributed by atoms with van der Waals surface area (Å²) in [5.41, 5.74) is 2.04. The highest BCUT2D eigenvalue weighted by Gasteiger charge is 2.13. The zero-order chi connectivity index (χ0) is 13.8. The van der Waals surface area contributed by atoms with E-state index in [2.05, 4.69) is 54.8 Å². The van der Waals surface area contributed by atoms with E-state index in [0.29, 0.717) is 11.6 Å². The van der Waals surface area contributed by atoms with E-state index < -0.39 is 0 Å². The molecule has 2 rings (SSSR count). The van der Waals surface area contributed by atoms with Crippen LogP contribution in [0.25, 0.3) is 11.6 Å². The van der Waals surface area contributed by atoms with Crippen molar-refractivity contribution in [3.63, 3.8) is 0 Å². The summed E-state index contributed by atoms with van der Waals surface area (Å²) < 4.78 is 1.07. The summed E-state index contributed by atoms with van der Waals surface area (Å²) in [7, 11) is 0.